The van der Waals surface area contributed by atoms with Gasteiger partial charge in [0.25, 0.3) is 0 Å². The lowest BCUT2D eigenvalue weighted by Crippen LogP contribution is -2.52. The van der Waals surface area contributed by atoms with Gasteiger partial charge in [0, 0.05) is 37.7 Å². The van der Waals surface area contributed by atoms with Crippen molar-refractivity contribution in [1.29, 1.82) is 0 Å². The molecule has 23 heavy (non-hydrogen) atoms. The first-order chi connectivity index (χ1) is 11.1. The van der Waals surface area contributed by atoms with E-state index in [4.69, 9.17) is 4.74 Å². The minimum atomic E-state index is -0.350. The van der Waals surface area contributed by atoms with E-state index < -0.39 is 0 Å². The Bertz CT molecular complexity index is 376. The predicted octanol–water partition coefficient (Wildman–Crippen LogP) is 1.29. The summed E-state index contributed by atoms with van der Waals surface area (Å²) in [6.45, 7) is 11.0. The van der Waals surface area contributed by atoms with Gasteiger partial charge in [-0.1, -0.05) is 13.8 Å². The van der Waals surface area contributed by atoms with E-state index in [2.05, 4.69) is 31.0 Å². The molecule has 134 valence electrons. The highest BCUT2D eigenvalue weighted by molar-refractivity contribution is 5.75. The van der Waals surface area contributed by atoms with Crippen LogP contribution in [0.1, 0.15) is 40.0 Å². The molecule has 6 nitrogen and oxygen atoms in total. The number of urea groups is 1. The van der Waals surface area contributed by atoms with Gasteiger partial charge in [-0.15, -0.1) is 0 Å². The first-order valence-electron chi connectivity index (χ1n) is 9.12. The lowest BCUT2D eigenvalue weighted by Gasteiger charge is -2.37. The van der Waals surface area contributed by atoms with Gasteiger partial charge in [-0.3, -0.25) is 4.90 Å². The van der Waals surface area contributed by atoms with Crippen molar-refractivity contribution in [3.63, 3.8) is 0 Å². The Morgan fingerprint density at radius 3 is 2.78 bits per heavy atom. The van der Waals surface area contributed by atoms with Crippen molar-refractivity contribution in [2.75, 3.05) is 39.4 Å². The van der Waals surface area contributed by atoms with Crippen molar-refractivity contribution >= 4 is 6.03 Å². The SMILES string of the molecule is CCN(CC)[C@H](C)CNC(=O)N1CCC[C@@H]1[C@H]1COCC[C@H]1O. The highest BCUT2D eigenvalue weighted by Crippen LogP contribution is 2.29. The number of likely N-dealkylation sites (N-methyl/N-ethyl adjacent to an activating group) is 1. The third-order valence-corrected chi connectivity index (χ3v) is 5.40. The van der Waals surface area contributed by atoms with Gasteiger partial charge >= 0.3 is 6.03 Å². The average molecular weight is 327 g/mol. The third-order valence-electron chi connectivity index (χ3n) is 5.40. The zero-order valence-electron chi connectivity index (χ0n) is 14.8. The molecule has 0 radical (unpaired) electrons. The molecule has 2 rings (SSSR count). The minimum Gasteiger partial charge on any atom is -0.393 e. The molecule has 0 spiro atoms. The van der Waals surface area contributed by atoms with Crippen molar-refractivity contribution < 1.29 is 14.6 Å². The van der Waals surface area contributed by atoms with Crippen LogP contribution < -0.4 is 5.32 Å². The van der Waals surface area contributed by atoms with Crippen molar-refractivity contribution in [2.24, 2.45) is 5.92 Å². The van der Waals surface area contributed by atoms with Gasteiger partial charge in [-0.2, -0.15) is 0 Å². The molecular formula is C17H33N3O3. The summed E-state index contributed by atoms with van der Waals surface area (Å²) in [6.07, 6.45) is 2.30. The number of carbonyl (C=O) groups excluding carboxylic acids is 1. The van der Waals surface area contributed by atoms with Crippen LogP contribution >= 0.6 is 0 Å². The summed E-state index contributed by atoms with van der Waals surface area (Å²) in [6, 6.07) is 0.442. The zero-order chi connectivity index (χ0) is 16.8. The third kappa shape index (κ3) is 4.58. The molecule has 2 heterocycles. The summed E-state index contributed by atoms with van der Waals surface area (Å²) < 4.78 is 5.53. The molecule has 0 aromatic rings. The smallest absolute Gasteiger partial charge is 0.317 e. The molecule has 0 bridgehead atoms. The van der Waals surface area contributed by atoms with Crippen molar-refractivity contribution in [2.45, 2.75) is 58.2 Å². The summed E-state index contributed by atoms with van der Waals surface area (Å²) in [7, 11) is 0. The molecule has 2 saturated heterocycles. The first kappa shape index (κ1) is 18.5. The van der Waals surface area contributed by atoms with Crippen molar-refractivity contribution in [3.8, 4) is 0 Å². The maximum atomic E-state index is 12.6. The number of ether oxygens (including phenoxy) is 1. The maximum absolute atomic E-state index is 12.6. The van der Waals surface area contributed by atoms with Crippen LogP contribution in [0, 0.1) is 5.92 Å². The molecule has 0 aliphatic carbocycles. The van der Waals surface area contributed by atoms with Gasteiger partial charge in [0.1, 0.15) is 0 Å². The minimum absolute atomic E-state index is 0.00396. The summed E-state index contributed by atoms with van der Waals surface area (Å²) in [5.74, 6) is 0.0530. The van der Waals surface area contributed by atoms with Crippen LogP contribution in [0.5, 0.6) is 0 Å². The normalized spacial score (nSPS) is 29.8. The van der Waals surface area contributed by atoms with Crippen LogP contribution in [0.2, 0.25) is 0 Å². The molecule has 4 atom stereocenters. The van der Waals surface area contributed by atoms with Crippen LogP contribution in [-0.2, 0) is 4.74 Å². The van der Waals surface area contributed by atoms with Gasteiger partial charge in [0.15, 0.2) is 0 Å². The molecule has 0 unspecified atom stereocenters. The Hall–Kier alpha value is -0.850. The fourth-order valence-corrected chi connectivity index (χ4v) is 3.92. The Kier molecular flexibility index (Phi) is 7.11. The van der Waals surface area contributed by atoms with Crippen LogP contribution in [0.15, 0.2) is 0 Å². The average Bonchev–Trinajstić information content (AvgIpc) is 3.03. The Balaban J connectivity index is 1.87. The van der Waals surface area contributed by atoms with E-state index >= 15 is 0 Å². The number of nitrogens with one attached hydrogen (secondary N) is 1. The standard InChI is InChI=1S/C17H33N3O3/c1-4-19(5-2)13(3)11-18-17(22)20-9-6-7-15(20)14-12-23-10-8-16(14)21/h13-16,21H,4-12H2,1-3H3,(H,18,22)/t13-,14-,15-,16-/m1/s1. The molecule has 2 aliphatic heterocycles. The molecule has 2 amide bonds. The number of likely N-dealkylation sites (tertiary alicyclic amines) is 1. The molecule has 0 aromatic carbocycles. The quantitative estimate of drug-likeness (QED) is 0.771. The van der Waals surface area contributed by atoms with Crippen molar-refractivity contribution in [3.05, 3.63) is 0 Å². The van der Waals surface area contributed by atoms with Gasteiger partial charge in [0.05, 0.1) is 12.7 Å². The van der Waals surface area contributed by atoms with E-state index in [1.165, 1.54) is 0 Å². The second-order valence-corrected chi connectivity index (χ2v) is 6.75. The molecule has 2 aliphatic rings. The molecule has 0 aromatic heterocycles. The number of hydrogen-bond donors (Lipinski definition) is 2. The van der Waals surface area contributed by atoms with E-state index in [0.29, 0.717) is 32.2 Å². The lowest BCUT2D eigenvalue weighted by atomic mass is 9.89. The molecule has 2 fully saturated rings. The van der Waals surface area contributed by atoms with Crippen LogP contribution in [0.3, 0.4) is 0 Å². The number of nitrogens with zero attached hydrogens (tertiary/aromatic N) is 2. The molecule has 0 saturated carbocycles. The van der Waals surface area contributed by atoms with E-state index in [0.717, 1.165) is 32.5 Å². The molecular weight excluding hydrogens is 294 g/mol. The Morgan fingerprint density at radius 1 is 1.39 bits per heavy atom. The topological polar surface area (TPSA) is 65.0 Å². The summed E-state index contributed by atoms with van der Waals surface area (Å²) in [5.41, 5.74) is 0. The second-order valence-electron chi connectivity index (χ2n) is 6.75. The monoisotopic (exact) mass is 327 g/mol. The van der Waals surface area contributed by atoms with E-state index in [9.17, 15) is 9.90 Å². The van der Waals surface area contributed by atoms with Gasteiger partial charge < -0.3 is 20.1 Å². The molecule has 2 N–H and O–H groups in total. The number of aliphatic hydroxyl groups excluding tert-OH is 1. The van der Waals surface area contributed by atoms with Crippen LogP contribution in [0.25, 0.3) is 0 Å². The highest BCUT2D eigenvalue weighted by Gasteiger charge is 2.39. The van der Waals surface area contributed by atoms with Gasteiger partial charge in [-0.25, -0.2) is 4.79 Å². The number of carbonyl (C=O) groups is 1. The first-order valence-corrected chi connectivity index (χ1v) is 9.12. The number of rotatable bonds is 6. The van der Waals surface area contributed by atoms with Gasteiger partial charge in [-0.05, 0) is 39.3 Å². The maximum Gasteiger partial charge on any atom is 0.317 e. The highest BCUT2D eigenvalue weighted by atomic mass is 16.5. The van der Waals surface area contributed by atoms with Crippen molar-refractivity contribution in [1.82, 2.24) is 15.1 Å². The summed E-state index contributed by atoms with van der Waals surface area (Å²) >= 11 is 0. The van der Waals surface area contributed by atoms with E-state index in [1.807, 2.05) is 4.90 Å². The van der Waals surface area contributed by atoms with E-state index in [-0.39, 0.29) is 24.1 Å². The van der Waals surface area contributed by atoms with Crippen LogP contribution in [-0.4, -0.2) is 78.5 Å². The Morgan fingerprint density at radius 2 is 2.13 bits per heavy atom. The van der Waals surface area contributed by atoms with Crippen LogP contribution in [0.4, 0.5) is 4.79 Å². The number of amides is 2. The Labute approximate surface area is 140 Å². The van der Waals surface area contributed by atoms with E-state index in [1.54, 1.807) is 0 Å². The number of hydrogen-bond acceptors (Lipinski definition) is 4. The van der Waals surface area contributed by atoms with Gasteiger partial charge in [0.2, 0.25) is 0 Å². The fraction of sp³-hybridized carbons (Fsp3) is 0.941. The summed E-state index contributed by atoms with van der Waals surface area (Å²) in [4.78, 5) is 16.8. The number of aliphatic hydroxyl groups is 1. The largest absolute Gasteiger partial charge is 0.393 e. The fourth-order valence-electron chi connectivity index (χ4n) is 3.92. The molecule has 6 heteroatoms. The zero-order valence-corrected chi connectivity index (χ0v) is 14.8. The summed E-state index contributed by atoms with van der Waals surface area (Å²) in [5, 5.41) is 13.3. The predicted molar refractivity (Wildman–Crippen MR) is 90.4 cm³/mol. The lowest BCUT2D eigenvalue weighted by molar-refractivity contribution is -0.0576. The second kappa shape index (κ2) is 8.85.